The number of anilines is 1. The number of aromatic nitrogens is 1. The van der Waals surface area contributed by atoms with Crippen molar-refractivity contribution in [1.82, 2.24) is 4.98 Å². The Morgan fingerprint density at radius 3 is 2.61 bits per heavy atom. The van der Waals surface area contributed by atoms with Crippen LogP contribution in [0.25, 0.3) is 0 Å². The molecular formula is C14H16N2O2. The zero-order valence-electron chi connectivity index (χ0n) is 10.3. The smallest absolute Gasteiger partial charge is 0.123 e. The first kappa shape index (κ1) is 12.4. The minimum atomic E-state index is 0.512. The lowest BCUT2D eigenvalue weighted by molar-refractivity contribution is 0.107. The van der Waals surface area contributed by atoms with Gasteiger partial charge in [-0.25, -0.2) is 4.98 Å². The summed E-state index contributed by atoms with van der Waals surface area (Å²) in [5.74, 6) is 1.35. The fourth-order valence-corrected chi connectivity index (χ4v) is 1.63. The van der Waals surface area contributed by atoms with Crippen molar-refractivity contribution in [3.8, 4) is 5.75 Å². The molecule has 1 aromatic heterocycles. The molecule has 2 N–H and O–H groups in total. The lowest BCUT2D eigenvalue weighted by atomic mass is 10.2. The van der Waals surface area contributed by atoms with Crippen LogP contribution in [-0.4, -0.2) is 12.1 Å². The summed E-state index contributed by atoms with van der Waals surface area (Å²) in [6.07, 6.45) is 1.68. The highest BCUT2D eigenvalue weighted by Gasteiger charge is 1.98. The molecule has 0 saturated heterocycles. The second-order valence-corrected chi connectivity index (χ2v) is 3.93. The maximum Gasteiger partial charge on any atom is 0.123 e. The summed E-state index contributed by atoms with van der Waals surface area (Å²) in [5, 5.41) is 0. The topological polar surface area (TPSA) is 57.4 Å². The molecule has 2 rings (SSSR count). The fraction of sp³-hybridized carbons (Fsp3) is 0.214. The number of nitrogen functional groups attached to an aromatic ring is 1. The van der Waals surface area contributed by atoms with E-state index in [0.29, 0.717) is 19.0 Å². The van der Waals surface area contributed by atoms with Gasteiger partial charge in [-0.2, -0.15) is 0 Å². The van der Waals surface area contributed by atoms with Crippen molar-refractivity contribution >= 4 is 5.82 Å². The van der Waals surface area contributed by atoms with Crippen molar-refractivity contribution in [1.29, 1.82) is 0 Å². The summed E-state index contributed by atoms with van der Waals surface area (Å²) in [6.45, 7) is 1.06. The van der Waals surface area contributed by atoms with E-state index in [9.17, 15) is 0 Å². The molecule has 0 atom stereocenters. The van der Waals surface area contributed by atoms with Crippen LogP contribution in [0.15, 0.2) is 42.6 Å². The summed E-state index contributed by atoms with van der Waals surface area (Å²) in [5.41, 5.74) is 7.69. The van der Waals surface area contributed by atoms with E-state index in [1.54, 1.807) is 13.3 Å². The van der Waals surface area contributed by atoms with Crippen LogP contribution in [-0.2, 0) is 18.0 Å². The quantitative estimate of drug-likeness (QED) is 0.877. The maximum atomic E-state index is 5.62. The van der Waals surface area contributed by atoms with E-state index in [0.717, 1.165) is 16.9 Å². The molecule has 4 heteroatoms. The monoisotopic (exact) mass is 244 g/mol. The van der Waals surface area contributed by atoms with Crippen molar-refractivity contribution in [2.75, 3.05) is 12.8 Å². The normalized spacial score (nSPS) is 10.3. The van der Waals surface area contributed by atoms with Gasteiger partial charge in [0.05, 0.1) is 20.3 Å². The lowest BCUT2D eigenvalue weighted by Crippen LogP contribution is -1.97. The number of ether oxygens (including phenoxy) is 2. The van der Waals surface area contributed by atoms with E-state index >= 15 is 0 Å². The number of rotatable bonds is 5. The molecular weight excluding hydrogens is 228 g/mol. The van der Waals surface area contributed by atoms with Gasteiger partial charge >= 0.3 is 0 Å². The highest BCUT2D eigenvalue weighted by Crippen LogP contribution is 2.14. The molecule has 1 aromatic carbocycles. The van der Waals surface area contributed by atoms with E-state index in [2.05, 4.69) is 4.98 Å². The lowest BCUT2D eigenvalue weighted by Gasteiger charge is -2.06. The molecule has 0 unspecified atom stereocenters. The van der Waals surface area contributed by atoms with Crippen LogP contribution in [0, 0.1) is 0 Å². The van der Waals surface area contributed by atoms with Gasteiger partial charge in [-0.15, -0.1) is 0 Å². The van der Waals surface area contributed by atoms with Crippen molar-refractivity contribution in [2.45, 2.75) is 13.2 Å². The molecule has 18 heavy (non-hydrogen) atoms. The number of benzene rings is 1. The van der Waals surface area contributed by atoms with Crippen LogP contribution in [0.5, 0.6) is 5.75 Å². The SMILES string of the molecule is COc1cccc(COCc2ccnc(N)c2)c1. The van der Waals surface area contributed by atoms with E-state index in [4.69, 9.17) is 15.2 Å². The molecule has 1 heterocycles. The summed E-state index contributed by atoms with van der Waals surface area (Å²) in [4.78, 5) is 3.93. The van der Waals surface area contributed by atoms with Gasteiger partial charge in [-0.05, 0) is 35.4 Å². The first-order valence-corrected chi connectivity index (χ1v) is 5.69. The van der Waals surface area contributed by atoms with Gasteiger partial charge in [0.25, 0.3) is 0 Å². The number of hydrogen-bond donors (Lipinski definition) is 1. The minimum absolute atomic E-state index is 0.512. The Morgan fingerprint density at radius 1 is 1.11 bits per heavy atom. The Kier molecular flexibility index (Phi) is 4.15. The Labute approximate surface area is 106 Å². The Morgan fingerprint density at radius 2 is 1.89 bits per heavy atom. The standard InChI is InChI=1S/C14H16N2O2/c1-17-13-4-2-3-11(7-13)9-18-10-12-5-6-16-14(15)8-12/h2-8H,9-10H2,1H3,(H2,15,16). The van der Waals surface area contributed by atoms with E-state index < -0.39 is 0 Å². The van der Waals surface area contributed by atoms with Gasteiger partial charge in [0, 0.05) is 6.20 Å². The van der Waals surface area contributed by atoms with Crippen molar-refractivity contribution < 1.29 is 9.47 Å². The molecule has 4 nitrogen and oxygen atoms in total. The highest BCUT2D eigenvalue weighted by atomic mass is 16.5. The average Bonchev–Trinajstić information content (AvgIpc) is 2.39. The Balaban J connectivity index is 1.88. The zero-order valence-corrected chi connectivity index (χ0v) is 10.3. The molecule has 0 radical (unpaired) electrons. The third kappa shape index (κ3) is 3.46. The molecule has 94 valence electrons. The number of pyridine rings is 1. The van der Waals surface area contributed by atoms with Crippen LogP contribution < -0.4 is 10.5 Å². The van der Waals surface area contributed by atoms with Crippen LogP contribution in [0.1, 0.15) is 11.1 Å². The van der Waals surface area contributed by atoms with Gasteiger partial charge in [-0.3, -0.25) is 0 Å². The Hall–Kier alpha value is -2.07. The molecule has 0 bridgehead atoms. The summed E-state index contributed by atoms with van der Waals surface area (Å²) >= 11 is 0. The first-order valence-electron chi connectivity index (χ1n) is 5.69. The average molecular weight is 244 g/mol. The molecule has 0 amide bonds. The molecule has 0 spiro atoms. The van der Waals surface area contributed by atoms with Crippen LogP contribution >= 0.6 is 0 Å². The largest absolute Gasteiger partial charge is 0.497 e. The summed E-state index contributed by atoms with van der Waals surface area (Å²) in [6, 6.07) is 11.5. The third-order valence-corrected chi connectivity index (χ3v) is 2.52. The molecule has 0 aliphatic rings. The van der Waals surface area contributed by atoms with Gasteiger partial charge in [0.1, 0.15) is 11.6 Å². The molecule has 0 aliphatic heterocycles. The molecule has 0 saturated carbocycles. The number of nitrogens with two attached hydrogens (primary N) is 1. The molecule has 2 aromatic rings. The minimum Gasteiger partial charge on any atom is -0.497 e. The van der Waals surface area contributed by atoms with Crippen molar-refractivity contribution in [3.63, 3.8) is 0 Å². The predicted octanol–water partition coefficient (Wildman–Crippen LogP) is 2.39. The fourth-order valence-electron chi connectivity index (χ4n) is 1.63. The van der Waals surface area contributed by atoms with Gasteiger partial charge in [0.2, 0.25) is 0 Å². The third-order valence-electron chi connectivity index (χ3n) is 2.52. The molecule has 0 aliphatic carbocycles. The summed E-state index contributed by atoms with van der Waals surface area (Å²) < 4.78 is 10.8. The van der Waals surface area contributed by atoms with Gasteiger partial charge < -0.3 is 15.2 Å². The number of nitrogens with zero attached hydrogens (tertiary/aromatic N) is 1. The van der Waals surface area contributed by atoms with Gasteiger partial charge in [0.15, 0.2) is 0 Å². The second-order valence-electron chi connectivity index (χ2n) is 3.93. The maximum absolute atomic E-state index is 5.62. The Bertz CT molecular complexity index is 515. The number of hydrogen-bond acceptors (Lipinski definition) is 4. The molecule has 0 fully saturated rings. The van der Waals surface area contributed by atoms with Crippen LogP contribution in [0.2, 0.25) is 0 Å². The van der Waals surface area contributed by atoms with Crippen molar-refractivity contribution in [2.24, 2.45) is 0 Å². The van der Waals surface area contributed by atoms with Crippen LogP contribution in [0.4, 0.5) is 5.82 Å². The first-order chi connectivity index (χ1) is 8.78. The van der Waals surface area contributed by atoms with Crippen molar-refractivity contribution in [3.05, 3.63) is 53.7 Å². The zero-order chi connectivity index (χ0) is 12.8. The van der Waals surface area contributed by atoms with Crippen LogP contribution in [0.3, 0.4) is 0 Å². The van der Waals surface area contributed by atoms with E-state index in [1.807, 2.05) is 36.4 Å². The highest BCUT2D eigenvalue weighted by molar-refractivity contribution is 5.31. The number of methoxy groups -OCH3 is 1. The second kappa shape index (κ2) is 6.02. The predicted molar refractivity (Wildman–Crippen MR) is 70.1 cm³/mol. The van der Waals surface area contributed by atoms with E-state index in [-0.39, 0.29) is 0 Å². The van der Waals surface area contributed by atoms with E-state index in [1.165, 1.54) is 0 Å². The summed E-state index contributed by atoms with van der Waals surface area (Å²) in [7, 11) is 1.65. The van der Waals surface area contributed by atoms with Gasteiger partial charge in [-0.1, -0.05) is 12.1 Å².